The molecule has 128 valence electrons. The summed E-state index contributed by atoms with van der Waals surface area (Å²) in [6.07, 6.45) is -0.361. The maximum Gasteiger partial charge on any atom is 0.410 e. The SMILES string of the molecule is CC(C)(C)OC(=O)N1CCN(C(=O)c2cccc(N=[N+]=[N-])c2)CC1. The third-order valence-corrected chi connectivity index (χ3v) is 3.47. The lowest BCUT2D eigenvalue weighted by Crippen LogP contribution is -2.51. The van der Waals surface area contributed by atoms with Gasteiger partial charge in [-0.05, 0) is 38.4 Å². The van der Waals surface area contributed by atoms with Gasteiger partial charge < -0.3 is 14.5 Å². The summed E-state index contributed by atoms with van der Waals surface area (Å²) < 4.78 is 5.34. The number of hydrogen-bond donors (Lipinski definition) is 0. The zero-order valence-corrected chi connectivity index (χ0v) is 14.1. The van der Waals surface area contributed by atoms with Gasteiger partial charge in [-0.2, -0.15) is 0 Å². The molecular weight excluding hydrogens is 310 g/mol. The smallest absolute Gasteiger partial charge is 0.410 e. The highest BCUT2D eigenvalue weighted by molar-refractivity contribution is 5.95. The summed E-state index contributed by atoms with van der Waals surface area (Å²) in [7, 11) is 0. The van der Waals surface area contributed by atoms with E-state index in [2.05, 4.69) is 10.0 Å². The molecule has 1 heterocycles. The number of amides is 2. The molecule has 1 aromatic rings. The highest BCUT2D eigenvalue weighted by Gasteiger charge is 2.28. The first-order chi connectivity index (χ1) is 11.3. The molecule has 0 aliphatic carbocycles. The van der Waals surface area contributed by atoms with Gasteiger partial charge in [-0.3, -0.25) is 4.79 Å². The minimum absolute atomic E-state index is 0.145. The van der Waals surface area contributed by atoms with Gasteiger partial charge in [0.05, 0.1) is 0 Å². The van der Waals surface area contributed by atoms with Crippen molar-refractivity contribution in [3.8, 4) is 0 Å². The zero-order valence-electron chi connectivity index (χ0n) is 14.1. The van der Waals surface area contributed by atoms with Gasteiger partial charge in [-0.15, -0.1) is 0 Å². The van der Waals surface area contributed by atoms with Crippen molar-refractivity contribution in [3.63, 3.8) is 0 Å². The predicted octanol–water partition coefficient (Wildman–Crippen LogP) is 3.32. The highest BCUT2D eigenvalue weighted by atomic mass is 16.6. The molecule has 0 aromatic heterocycles. The van der Waals surface area contributed by atoms with E-state index < -0.39 is 5.60 Å². The molecule has 8 nitrogen and oxygen atoms in total. The van der Waals surface area contributed by atoms with E-state index in [0.717, 1.165) is 0 Å². The Balaban J connectivity index is 1.97. The van der Waals surface area contributed by atoms with E-state index in [1.54, 1.807) is 34.1 Å². The molecule has 2 rings (SSSR count). The summed E-state index contributed by atoms with van der Waals surface area (Å²) in [6.45, 7) is 7.19. The van der Waals surface area contributed by atoms with Crippen LogP contribution in [0.4, 0.5) is 10.5 Å². The van der Waals surface area contributed by atoms with Crippen LogP contribution in [0.25, 0.3) is 10.4 Å². The first-order valence-electron chi connectivity index (χ1n) is 7.72. The van der Waals surface area contributed by atoms with Crippen molar-refractivity contribution in [1.82, 2.24) is 9.80 Å². The second kappa shape index (κ2) is 7.23. The minimum atomic E-state index is -0.536. The van der Waals surface area contributed by atoms with Crippen LogP contribution in [0.2, 0.25) is 0 Å². The van der Waals surface area contributed by atoms with E-state index in [1.165, 1.54) is 0 Å². The molecule has 1 saturated heterocycles. The second-order valence-electron chi connectivity index (χ2n) is 6.50. The Morgan fingerprint density at radius 3 is 2.38 bits per heavy atom. The predicted molar refractivity (Wildman–Crippen MR) is 89.0 cm³/mol. The number of ether oxygens (including phenoxy) is 1. The lowest BCUT2D eigenvalue weighted by molar-refractivity contribution is 0.0141. The van der Waals surface area contributed by atoms with Crippen LogP contribution in [0.1, 0.15) is 31.1 Å². The molecule has 0 bridgehead atoms. The Hall–Kier alpha value is -2.73. The van der Waals surface area contributed by atoms with E-state index in [1.807, 2.05) is 20.8 Å². The first-order valence-corrected chi connectivity index (χ1v) is 7.72. The minimum Gasteiger partial charge on any atom is -0.444 e. The molecule has 1 fully saturated rings. The summed E-state index contributed by atoms with van der Waals surface area (Å²) in [5.74, 6) is -0.145. The van der Waals surface area contributed by atoms with Crippen molar-refractivity contribution in [2.24, 2.45) is 5.11 Å². The van der Waals surface area contributed by atoms with Gasteiger partial charge in [0.15, 0.2) is 0 Å². The van der Waals surface area contributed by atoms with Gasteiger partial charge in [0, 0.05) is 42.3 Å². The maximum atomic E-state index is 12.5. The molecule has 8 heteroatoms. The monoisotopic (exact) mass is 331 g/mol. The van der Waals surface area contributed by atoms with Crippen LogP contribution >= 0.6 is 0 Å². The van der Waals surface area contributed by atoms with Crippen molar-refractivity contribution in [1.29, 1.82) is 0 Å². The average Bonchev–Trinajstić information content (AvgIpc) is 2.53. The first kappa shape index (κ1) is 17.6. The number of carbonyl (C=O) groups excluding carboxylic acids is 2. The molecule has 0 spiro atoms. The van der Waals surface area contributed by atoms with E-state index in [9.17, 15) is 9.59 Å². The summed E-state index contributed by atoms with van der Waals surface area (Å²) in [6, 6.07) is 6.55. The molecule has 2 amide bonds. The van der Waals surface area contributed by atoms with Crippen LogP contribution < -0.4 is 0 Å². The molecule has 1 aromatic carbocycles. The molecule has 24 heavy (non-hydrogen) atoms. The van der Waals surface area contributed by atoms with Crippen molar-refractivity contribution in [3.05, 3.63) is 40.3 Å². The largest absolute Gasteiger partial charge is 0.444 e. The molecule has 1 aliphatic heterocycles. The molecule has 1 aliphatic rings. The lowest BCUT2D eigenvalue weighted by atomic mass is 10.1. The Labute approximate surface area is 140 Å². The quantitative estimate of drug-likeness (QED) is 0.472. The maximum absolute atomic E-state index is 12.5. The summed E-state index contributed by atoms with van der Waals surface area (Å²) in [5, 5.41) is 3.50. The molecular formula is C16H21N5O3. The molecule has 0 unspecified atom stereocenters. The van der Waals surface area contributed by atoms with E-state index in [4.69, 9.17) is 10.3 Å². The van der Waals surface area contributed by atoms with Crippen molar-refractivity contribution < 1.29 is 14.3 Å². The Kier molecular flexibility index (Phi) is 5.31. The Bertz CT molecular complexity index is 669. The van der Waals surface area contributed by atoms with E-state index in [0.29, 0.717) is 37.4 Å². The van der Waals surface area contributed by atoms with Gasteiger partial charge in [0.1, 0.15) is 5.60 Å². The number of carbonyl (C=O) groups is 2. The fourth-order valence-electron chi connectivity index (χ4n) is 2.35. The van der Waals surface area contributed by atoms with Gasteiger partial charge in [-0.25, -0.2) is 4.79 Å². The Morgan fingerprint density at radius 1 is 1.17 bits per heavy atom. The standard InChI is InChI=1S/C16H21N5O3/c1-16(2,3)24-15(23)21-9-7-20(8-10-21)14(22)12-5-4-6-13(11-12)18-19-17/h4-6,11H,7-10H2,1-3H3. The van der Waals surface area contributed by atoms with E-state index >= 15 is 0 Å². The van der Waals surface area contributed by atoms with Gasteiger partial charge in [0.2, 0.25) is 0 Å². The fourth-order valence-corrected chi connectivity index (χ4v) is 2.35. The van der Waals surface area contributed by atoms with E-state index in [-0.39, 0.29) is 12.0 Å². The van der Waals surface area contributed by atoms with Gasteiger partial charge in [0.25, 0.3) is 5.91 Å². The fraction of sp³-hybridized carbons (Fsp3) is 0.500. The topological polar surface area (TPSA) is 98.6 Å². The molecule has 0 atom stereocenters. The lowest BCUT2D eigenvalue weighted by Gasteiger charge is -2.35. The normalized spacial score (nSPS) is 14.8. The summed E-state index contributed by atoms with van der Waals surface area (Å²) in [4.78, 5) is 30.5. The number of rotatable bonds is 2. The molecule has 0 saturated carbocycles. The second-order valence-corrected chi connectivity index (χ2v) is 6.50. The molecule has 0 N–H and O–H groups in total. The van der Waals surface area contributed by atoms with Crippen LogP contribution in [-0.2, 0) is 4.74 Å². The average molecular weight is 331 g/mol. The third-order valence-electron chi connectivity index (χ3n) is 3.47. The summed E-state index contributed by atoms with van der Waals surface area (Å²) >= 11 is 0. The number of hydrogen-bond acceptors (Lipinski definition) is 4. The van der Waals surface area contributed by atoms with Crippen LogP contribution in [0, 0.1) is 0 Å². The van der Waals surface area contributed by atoms with Crippen LogP contribution in [-0.4, -0.2) is 53.6 Å². The number of azide groups is 1. The van der Waals surface area contributed by atoms with Crippen LogP contribution in [0.5, 0.6) is 0 Å². The molecule has 0 radical (unpaired) electrons. The number of benzene rings is 1. The van der Waals surface area contributed by atoms with Crippen LogP contribution in [0.15, 0.2) is 29.4 Å². The Morgan fingerprint density at radius 2 is 1.79 bits per heavy atom. The zero-order chi connectivity index (χ0) is 17.7. The van der Waals surface area contributed by atoms with Crippen molar-refractivity contribution >= 4 is 17.7 Å². The summed E-state index contributed by atoms with van der Waals surface area (Å²) in [5.41, 5.74) is 8.80. The van der Waals surface area contributed by atoms with Gasteiger partial charge >= 0.3 is 6.09 Å². The number of nitrogens with zero attached hydrogens (tertiary/aromatic N) is 5. The number of piperazine rings is 1. The van der Waals surface area contributed by atoms with Gasteiger partial charge in [-0.1, -0.05) is 17.2 Å². The van der Waals surface area contributed by atoms with Crippen molar-refractivity contribution in [2.75, 3.05) is 26.2 Å². The third kappa shape index (κ3) is 4.63. The highest BCUT2D eigenvalue weighted by Crippen LogP contribution is 2.17. The van der Waals surface area contributed by atoms with Crippen molar-refractivity contribution in [2.45, 2.75) is 26.4 Å². The van der Waals surface area contributed by atoms with Crippen LogP contribution in [0.3, 0.4) is 0 Å².